The van der Waals surface area contributed by atoms with Crippen molar-refractivity contribution in [3.05, 3.63) is 61.1 Å². The standard InChI is InChI=1S/C24H25N5O2/c1-15(30)28-17-7-11-19(12-8-17)31-18-9-5-16(6-10-18)20-13-29(24(2,3)4)23-21(20)22(25)26-14-27-23/h5-14H,1-4H3,(H,28,30)(H2,25,26,27). The summed E-state index contributed by atoms with van der Waals surface area (Å²) in [6.45, 7) is 7.86. The number of carbonyl (C=O) groups is 1. The molecular formula is C24H25N5O2. The van der Waals surface area contributed by atoms with Gasteiger partial charge < -0.3 is 20.4 Å². The number of nitrogens with two attached hydrogens (primary N) is 1. The van der Waals surface area contributed by atoms with Gasteiger partial charge in [0.25, 0.3) is 0 Å². The molecule has 0 radical (unpaired) electrons. The molecule has 7 nitrogen and oxygen atoms in total. The van der Waals surface area contributed by atoms with Gasteiger partial charge in [-0.05, 0) is 62.7 Å². The Hall–Kier alpha value is -3.87. The molecule has 0 aliphatic heterocycles. The monoisotopic (exact) mass is 415 g/mol. The van der Waals surface area contributed by atoms with Crippen LogP contribution in [0.25, 0.3) is 22.2 Å². The Bertz CT molecular complexity index is 1240. The lowest BCUT2D eigenvalue weighted by Gasteiger charge is -2.21. The molecule has 0 unspecified atom stereocenters. The number of amides is 1. The minimum atomic E-state index is -0.149. The van der Waals surface area contributed by atoms with Crippen LogP contribution in [0.1, 0.15) is 27.7 Å². The summed E-state index contributed by atoms with van der Waals surface area (Å²) in [5.74, 6) is 1.74. The molecule has 0 saturated carbocycles. The van der Waals surface area contributed by atoms with Crippen molar-refractivity contribution in [2.45, 2.75) is 33.2 Å². The van der Waals surface area contributed by atoms with Gasteiger partial charge in [-0.2, -0.15) is 0 Å². The van der Waals surface area contributed by atoms with E-state index in [0.717, 1.165) is 27.8 Å². The van der Waals surface area contributed by atoms with Gasteiger partial charge in [-0.1, -0.05) is 12.1 Å². The second-order valence-electron chi connectivity index (χ2n) is 8.37. The summed E-state index contributed by atoms with van der Waals surface area (Å²) in [5.41, 5.74) is 9.59. The third-order valence-electron chi connectivity index (χ3n) is 4.91. The maximum atomic E-state index is 11.1. The minimum absolute atomic E-state index is 0.108. The van der Waals surface area contributed by atoms with Crippen molar-refractivity contribution in [3.8, 4) is 22.6 Å². The summed E-state index contributed by atoms with van der Waals surface area (Å²) in [4.78, 5) is 19.8. The topological polar surface area (TPSA) is 95.1 Å². The number of nitrogens with one attached hydrogen (secondary N) is 1. The summed E-state index contributed by atoms with van der Waals surface area (Å²) in [5, 5.41) is 3.58. The number of fused-ring (bicyclic) bond motifs is 1. The molecule has 0 spiro atoms. The van der Waals surface area contributed by atoms with Crippen molar-refractivity contribution >= 4 is 28.4 Å². The smallest absolute Gasteiger partial charge is 0.221 e. The van der Waals surface area contributed by atoms with E-state index in [2.05, 4.69) is 46.8 Å². The number of aromatic nitrogens is 3. The fourth-order valence-corrected chi connectivity index (χ4v) is 3.46. The molecule has 0 saturated heterocycles. The lowest BCUT2D eigenvalue weighted by atomic mass is 10.1. The van der Waals surface area contributed by atoms with E-state index in [9.17, 15) is 4.79 Å². The maximum Gasteiger partial charge on any atom is 0.221 e. The predicted molar refractivity (Wildman–Crippen MR) is 123 cm³/mol. The van der Waals surface area contributed by atoms with Crippen LogP contribution in [0, 0.1) is 0 Å². The Kier molecular flexibility index (Phi) is 5.10. The van der Waals surface area contributed by atoms with E-state index in [1.165, 1.54) is 13.3 Å². The molecule has 4 rings (SSSR count). The number of benzene rings is 2. The molecule has 1 amide bonds. The van der Waals surface area contributed by atoms with Gasteiger partial charge in [0.05, 0.1) is 5.39 Å². The van der Waals surface area contributed by atoms with Crippen LogP contribution in [0.4, 0.5) is 11.5 Å². The van der Waals surface area contributed by atoms with Crippen molar-refractivity contribution in [2.75, 3.05) is 11.1 Å². The number of carbonyl (C=O) groups excluding carboxylic acids is 1. The third-order valence-corrected chi connectivity index (χ3v) is 4.91. The minimum Gasteiger partial charge on any atom is -0.457 e. The van der Waals surface area contributed by atoms with Crippen molar-refractivity contribution in [2.24, 2.45) is 0 Å². The number of nitrogens with zero attached hydrogens (tertiary/aromatic N) is 3. The molecule has 0 aliphatic rings. The number of nitrogen functional groups attached to an aromatic ring is 1. The Morgan fingerprint density at radius 1 is 1.00 bits per heavy atom. The average Bonchev–Trinajstić information content (AvgIpc) is 3.11. The average molecular weight is 415 g/mol. The Morgan fingerprint density at radius 2 is 1.61 bits per heavy atom. The van der Waals surface area contributed by atoms with E-state index in [0.29, 0.717) is 17.3 Å². The van der Waals surface area contributed by atoms with Crippen LogP contribution in [0.3, 0.4) is 0 Å². The zero-order valence-corrected chi connectivity index (χ0v) is 18.0. The Labute approximate surface area is 180 Å². The molecular weight excluding hydrogens is 390 g/mol. The quantitative estimate of drug-likeness (QED) is 0.478. The first-order valence-electron chi connectivity index (χ1n) is 10.0. The molecule has 0 atom stereocenters. The number of rotatable bonds is 4. The molecule has 2 aromatic heterocycles. The first-order chi connectivity index (χ1) is 14.7. The highest BCUT2D eigenvalue weighted by atomic mass is 16.5. The van der Waals surface area contributed by atoms with Crippen molar-refractivity contribution in [1.29, 1.82) is 0 Å². The zero-order valence-electron chi connectivity index (χ0n) is 18.0. The molecule has 0 bridgehead atoms. The summed E-state index contributed by atoms with van der Waals surface area (Å²) < 4.78 is 8.05. The van der Waals surface area contributed by atoms with E-state index < -0.39 is 0 Å². The normalized spacial score (nSPS) is 11.5. The van der Waals surface area contributed by atoms with Crippen LogP contribution in [0.5, 0.6) is 11.5 Å². The van der Waals surface area contributed by atoms with E-state index in [1.807, 2.05) is 36.4 Å². The highest BCUT2D eigenvalue weighted by molar-refractivity contribution is 6.00. The number of anilines is 2. The van der Waals surface area contributed by atoms with Crippen LogP contribution in [-0.4, -0.2) is 20.4 Å². The fourth-order valence-electron chi connectivity index (χ4n) is 3.46. The van der Waals surface area contributed by atoms with Gasteiger partial charge >= 0.3 is 0 Å². The van der Waals surface area contributed by atoms with E-state index in [1.54, 1.807) is 12.1 Å². The second-order valence-corrected chi connectivity index (χ2v) is 8.37. The fraction of sp³-hybridized carbons (Fsp3) is 0.208. The van der Waals surface area contributed by atoms with Crippen molar-refractivity contribution in [3.63, 3.8) is 0 Å². The first-order valence-corrected chi connectivity index (χ1v) is 10.0. The summed E-state index contributed by atoms with van der Waals surface area (Å²) in [7, 11) is 0. The maximum absolute atomic E-state index is 11.1. The van der Waals surface area contributed by atoms with Crippen LogP contribution in [0.2, 0.25) is 0 Å². The predicted octanol–water partition coefficient (Wildman–Crippen LogP) is 5.19. The van der Waals surface area contributed by atoms with Gasteiger partial charge in [0.1, 0.15) is 29.3 Å². The molecule has 31 heavy (non-hydrogen) atoms. The Morgan fingerprint density at radius 3 is 2.19 bits per heavy atom. The molecule has 2 heterocycles. The first kappa shape index (κ1) is 20.4. The molecule has 4 aromatic rings. The largest absolute Gasteiger partial charge is 0.457 e. The van der Waals surface area contributed by atoms with Gasteiger partial charge in [0.15, 0.2) is 0 Å². The summed E-state index contributed by atoms with van der Waals surface area (Å²) in [6.07, 6.45) is 3.57. The van der Waals surface area contributed by atoms with Gasteiger partial charge in [-0.25, -0.2) is 9.97 Å². The number of hydrogen-bond acceptors (Lipinski definition) is 5. The van der Waals surface area contributed by atoms with Gasteiger partial charge in [0.2, 0.25) is 5.91 Å². The van der Waals surface area contributed by atoms with Gasteiger partial charge in [-0.15, -0.1) is 0 Å². The molecule has 0 aliphatic carbocycles. The molecule has 3 N–H and O–H groups in total. The zero-order chi connectivity index (χ0) is 22.2. The molecule has 158 valence electrons. The highest BCUT2D eigenvalue weighted by Gasteiger charge is 2.21. The number of hydrogen-bond donors (Lipinski definition) is 2. The van der Waals surface area contributed by atoms with E-state index >= 15 is 0 Å². The molecule has 0 fully saturated rings. The summed E-state index contributed by atoms with van der Waals surface area (Å²) >= 11 is 0. The third kappa shape index (κ3) is 4.21. The van der Waals surface area contributed by atoms with Crippen molar-refractivity contribution in [1.82, 2.24) is 14.5 Å². The van der Waals surface area contributed by atoms with E-state index in [-0.39, 0.29) is 11.4 Å². The molecule has 7 heteroatoms. The summed E-state index contributed by atoms with van der Waals surface area (Å²) in [6, 6.07) is 15.0. The lowest BCUT2D eigenvalue weighted by molar-refractivity contribution is -0.114. The van der Waals surface area contributed by atoms with Gasteiger partial charge in [0, 0.05) is 29.9 Å². The van der Waals surface area contributed by atoms with Crippen LogP contribution in [-0.2, 0) is 10.3 Å². The highest BCUT2D eigenvalue weighted by Crippen LogP contribution is 2.36. The second kappa shape index (κ2) is 7.75. The van der Waals surface area contributed by atoms with Crippen molar-refractivity contribution < 1.29 is 9.53 Å². The van der Waals surface area contributed by atoms with Crippen LogP contribution in [0.15, 0.2) is 61.1 Å². The number of ether oxygens (including phenoxy) is 1. The Balaban J connectivity index is 1.63. The SMILES string of the molecule is CC(=O)Nc1ccc(Oc2ccc(-c3cn(C(C)(C)C)c4ncnc(N)c34)cc2)cc1. The van der Waals surface area contributed by atoms with Gasteiger partial charge in [-0.3, -0.25) is 4.79 Å². The lowest BCUT2D eigenvalue weighted by Crippen LogP contribution is -2.21. The van der Waals surface area contributed by atoms with Crippen LogP contribution < -0.4 is 15.8 Å². The van der Waals surface area contributed by atoms with E-state index in [4.69, 9.17) is 10.5 Å². The van der Waals surface area contributed by atoms with Crippen LogP contribution >= 0.6 is 0 Å². The molecule has 2 aromatic carbocycles.